The van der Waals surface area contributed by atoms with Gasteiger partial charge in [-0.15, -0.1) is 5.10 Å². The highest BCUT2D eigenvalue weighted by atomic mass is 16.6. The number of nitrogens with one attached hydrogen (secondary N) is 1. The van der Waals surface area contributed by atoms with Gasteiger partial charge in [0.1, 0.15) is 11.2 Å². The van der Waals surface area contributed by atoms with Crippen LogP contribution in [0.2, 0.25) is 0 Å². The lowest BCUT2D eigenvalue weighted by Gasteiger charge is -2.27. The average Bonchev–Trinajstić information content (AvgIpc) is 3.39. The number of aromatic nitrogens is 2. The first-order valence-electron chi connectivity index (χ1n) is 11.1. The molecule has 2 fully saturated rings. The van der Waals surface area contributed by atoms with Crippen LogP contribution in [-0.2, 0) is 30.2 Å². The van der Waals surface area contributed by atoms with E-state index in [9.17, 15) is 19.2 Å². The van der Waals surface area contributed by atoms with Gasteiger partial charge in [-0.1, -0.05) is 0 Å². The first-order valence-corrected chi connectivity index (χ1v) is 11.1. The Kier molecular flexibility index (Phi) is 6.36. The summed E-state index contributed by atoms with van der Waals surface area (Å²) >= 11 is 0. The summed E-state index contributed by atoms with van der Waals surface area (Å²) < 4.78 is 15.6. The maximum absolute atomic E-state index is 13.6. The number of carbonyl (C=O) groups excluding carboxylic acids is 4. The zero-order valence-electron chi connectivity index (χ0n) is 20.7. The molecule has 1 N–H and O–H groups in total. The van der Waals surface area contributed by atoms with Gasteiger partial charge < -0.3 is 14.2 Å². The number of likely N-dealkylation sites (tertiary alicyclic amines) is 1. The van der Waals surface area contributed by atoms with Gasteiger partial charge in [-0.2, -0.15) is 5.10 Å². The van der Waals surface area contributed by atoms with Gasteiger partial charge in [0.05, 0.1) is 18.3 Å². The van der Waals surface area contributed by atoms with Gasteiger partial charge >= 0.3 is 18.2 Å². The van der Waals surface area contributed by atoms with Crippen molar-refractivity contribution in [3.8, 4) is 0 Å². The molecule has 0 aromatic carbocycles. The van der Waals surface area contributed by atoms with Crippen LogP contribution in [-0.4, -0.2) is 63.0 Å². The van der Waals surface area contributed by atoms with E-state index in [1.54, 1.807) is 47.6 Å². The zero-order chi connectivity index (χ0) is 25.5. The van der Waals surface area contributed by atoms with Crippen LogP contribution in [0.5, 0.6) is 0 Å². The number of carbonyl (C=O) groups is 4. The van der Waals surface area contributed by atoms with Crippen molar-refractivity contribution in [3.63, 3.8) is 0 Å². The molecule has 11 heteroatoms. The summed E-state index contributed by atoms with van der Waals surface area (Å²) in [4.78, 5) is 52.4. The fraction of sp³-hybridized carbons (Fsp3) is 0.652. The molecular formula is C23H32N4O7. The highest BCUT2D eigenvalue weighted by Gasteiger charge is 2.70. The van der Waals surface area contributed by atoms with Gasteiger partial charge in [-0.05, 0) is 72.9 Å². The van der Waals surface area contributed by atoms with Crippen LogP contribution in [0.25, 0.3) is 0 Å². The van der Waals surface area contributed by atoms with E-state index in [-0.39, 0.29) is 18.7 Å². The quantitative estimate of drug-likeness (QED) is 0.394. The van der Waals surface area contributed by atoms with Crippen molar-refractivity contribution in [2.45, 2.75) is 84.0 Å². The first kappa shape index (κ1) is 25.4. The van der Waals surface area contributed by atoms with E-state index >= 15 is 0 Å². The van der Waals surface area contributed by atoms with Crippen LogP contribution >= 0.6 is 0 Å². The molecule has 1 aromatic rings. The van der Waals surface area contributed by atoms with Crippen LogP contribution in [0, 0.1) is 5.41 Å². The van der Waals surface area contributed by atoms with Crippen LogP contribution in [0.1, 0.15) is 66.5 Å². The molecule has 0 bridgehead atoms. The largest absolute Gasteiger partial charge is 0.468 e. The molecule has 1 saturated carbocycles. The third kappa shape index (κ3) is 5.28. The van der Waals surface area contributed by atoms with Gasteiger partial charge in [0.25, 0.3) is 0 Å². The molecule has 1 spiro atoms. The number of methoxy groups -OCH3 is 1. The Labute approximate surface area is 198 Å². The number of esters is 1. The van der Waals surface area contributed by atoms with Gasteiger partial charge in [0, 0.05) is 6.42 Å². The van der Waals surface area contributed by atoms with Crippen molar-refractivity contribution in [1.29, 1.82) is 0 Å². The molecular weight excluding hydrogens is 444 g/mol. The summed E-state index contributed by atoms with van der Waals surface area (Å²) in [5.74, 6) is -1.26. The molecule has 2 heterocycles. The number of nitrogens with zero attached hydrogens (tertiary/aromatic N) is 3. The molecule has 1 unspecified atom stereocenters. The average molecular weight is 477 g/mol. The number of amides is 3. The minimum Gasteiger partial charge on any atom is -0.468 e. The van der Waals surface area contributed by atoms with Gasteiger partial charge in [-0.25, -0.2) is 14.5 Å². The normalized spacial score (nSPS) is 21.3. The lowest BCUT2D eigenvalue weighted by molar-refractivity contribution is -0.158. The van der Waals surface area contributed by atoms with Crippen LogP contribution in [0.4, 0.5) is 15.4 Å². The van der Waals surface area contributed by atoms with Gasteiger partial charge in [-0.3, -0.25) is 14.9 Å². The second-order valence-electron chi connectivity index (χ2n) is 10.8. The van der Waals surface area contributed by atoms with Crippen molar-refractivity contribution in [2.24, 2.45) is 5.41 Å². The zero-order valence-corrected chi connectivity index (χ0v) is 20.7. The van der Waals surface area contributed by atoms with E-state index in [2.05, 4.69) is 15.5 Å². The van der Waals surface area contributed by atoms with E-state index in [1.807, 2.05) is 0 Å². The summed E-state index contributed by atoms with van der Waals surface area (Å²) in [5, 5.41) is 10.5. The summed E-state index contributed by atoms with van der Waals surface area (Å²) in [5.41, 5.74) is -3.54. The highest BCUT2D eigenvalue weighted by Crippen LogP contribution is 2.58. The maximum Gasteiger partial charge on any atom is 0.417 e. The van der Waals surface area contributed by atoms with E-state index < -0.39 is 46.2 Å². The Morgan fingerprint density at radius 1 is 1.03 bits per heavy atom. The molecule has 0 radical (unpaired) electrons. The molecule has 1 aliphatic heterocycles. The number of ether oxygens (including phenoxy) is 3. The molecule has 1 aliphatic carbocycles. The van der Waals surface area contributed by atoms with Crippen molar-refractivity contribution < 1.29 is 33.4 Å². The van der Waals surface area contributed by atoms with Crippen molar-refractivity contribution in [3.05, 3.63) is 17.8 Å². The summed E-state index contributed by atoms with van der Waals surface area (Å²) in [6, 6.07) is 3.04. The molecule has 1 saturated heterocycles. The molecule has 2 aliphatic rings. The van der Waals surface area contributed by atoms with Crippen molar-refractivity contribution in [2.75, 3.05) is 12.4 Å². The highest BCUT2D eigenvalue weighted by molar-refractivity contribution is 6.10. The van der Waals surface area contributed by atoms with E-state index in [0.29, 0.717) is 18.5 Å². The molecule has 1 atom stereocenters. The fourth-order valence-corrected chi connectivity index (χ4v) is 4.08. The SMILES string of the molecule is COC(=O)C1(Cc2ccc(NC(=O)OC(C)(C)C)nn2)CC2(CC2)N(C(=O)OC(C)(C)C)C1=O. The second-order valence-corrected chi connectivity index (χ2v) is 10.8. The van der Waals surface area contributed by atoms with Gasteiger partial charge in [0.2, 0.25) is 5.91 Å². The van der Waals surface area contributed by atoms with Crippen molar-refractivity contribution in [1.82, 2.24) is 15.1 Å². The standard InChI is InChI=1S/C23H32N4O7/c1-20(2,3)33-18(30)24-15-9-8-14(25-26-15)12-23(17(29)32-7)13-22(10-11-22)27(16(23)28)19(31)34-21(4,5)6/h8-9H,10-13H2,1-7H3,(H,24,26,30). The molecule has 11 nitrogen and oxygen atoms in total. The second kappa shape index (κ2) is 8.52. The molecule has 3 amide bonds. The smallest absolute Gasteiger partial charge is 0.417 e. The Balaban J connectivity index is 1.83. The minimum atomic E-state index is -1.63. The van der Waals surface area contributed by atoms with Crippen LogP contribution in [0.3, 0.4) is 0 Å². The number of imide groups is 1. The predicted molar refractivity (Wildman–Crippen MR) is 120 cm³/mol. The third-order valence-corrected chi connectivity index (χ3v) is 5.53. The third-order valence-electron chi connectivity index (χ3n) is 5.53. The summed E-state index contributed by atoms with van der Waals surface area (Å²) in [7, 11) is 1.20. The van der Waals surface area contributed by atoms with E-state index in [1.165, 1.54) is 13.2 Å². The number of rotatable bonds is 4. The Hall–Kier alpha value is -3.24. The maximum atomic E-state index is 13.6. The van der Waals surface area contributed by atoms with Gasteiger partial charge in [0.15, 0.2) is 11.2 Å². The van der Waals surface area contributed by atoms with E-state index in [4.69, 9.17) is 14.2 Å². The topological polar surface area (TPSA) is 137 Å². The first-order chi connectivity index (χ1) is 15.6. The Bertz CT molecular complexity index is 990. The molecule has 34 heavy (non-hydrogen) atoms. The van der Waals surface area contributed by atoms with E-state index in [0.717, 1.165) is 4.90 Å². The van der Waals surface area contributed by atoms with Crippen molar-refractivity contribution >= 4 is 29.9 Å². The molecule has 186 valence electrons. The van der Waals surface area contributed by atoms with Crippen LogP contribution in [0.15, 0.2) is 12.1 Å². The summed E-state index contributed by atoms with van der Waals surface area (Å²) in [6.45, 7) is 10.3. The number of hydrogen-bond donors (Lipinski definition) is 1. The molecule has 1 aromatic heterocycles. The summed E-state index contributed by atoms with van der Waals surface area (Å²) in [6.07, 6.45) is -0.287. The minimum absolute atomic E-state index is 0.112. The predicted octanol–water partition coefficient (Wildman–Crippen LogP) is 3.23. The van der Waals surface area contributed by atoms with Crippen LogP contribution < -0.4 is 5.32 Å². The lowest BCUT2D eigenvalue weighted by Crippen LogP contribution is -2.47. The number of anilines is 1. The fourth-order valence-electron chi connectivity index (χ4n) is 4.08. The number of hydrogen-bond acceptors (Lipinski definition) is 9. The Morgan fingerprint density at radius 3 is 2.12 bits per heavy atom. The molecule has 3 rings (SSSR count). The monoisotopic (exact) mass is 476 g/mol. The lowest BCUT2D eigenvalue weighted by atomic mass is 9.79. The Morgan fingerprint density at radius 2 is 1.65 bits per heavy atom.